The summed E-state index contributed by atoms with van der Waals surface area (Å²) in [4.78, 5) is 3.43. The van der Waals surface area contributed by atoms with Gasteiger partial charge in [-0.3, -0.25) is 9.71 Å². The summed E-state index contributed by atoms with van der Waals surface area (Å²) in [6.07, 6.45) is 2.18. The quantitative estimate of drug-likeness (QED) is 0.874. The van der Waals surface area contributed by atoms with Crippen molar-refractivity contribution in [3.63, 3.8) is 0 Å². The summed E-state index contributed by atoms with van der Waals surface area (Å²) >= 11 is 0. The number of halogens is 1. The Hall–Kier alpha value is -2.19. The maximum atomic E-state index is 13.5. The summed E-state index contributed by atoms with van der Waals surface area (Å²) in [5, 5.41) is 9.21. The molecule has 6 nitrogen and oxygen atoms in total. The Morgan fingerprint density at radius 1 is 1.38 bits per heavy atom. The van der Waals surface area contributed by atoms with Crippen LogP contribution < -0.4 is 9.46 Å². The van der Waals surface area contributed by atoms with Crippen LogP contribution in [-0.4, -0.2) is 25.6 Å². The minimum absolute atomic E-state index is 0.108. The molecular weight excluding hydrogens is 299 g/mol. The zero-order valence-electron chi connectivity index (χ0n) is 11.1. The monoisotopic (exact) mass is 312 g/mol. The number of aromatic nitrogens is 1. The van der Waals surface area contributed by atoms with Gasteiger partial charge in [-0.1, -0.05) is 0 Å². The highest BCUT2D eigenvalue weighted by Crippen LogP contribution is 2.24. The Morgan fingerprint density at radius 3 is 2.76 bits per heavy atom. The second-order valence-electron chi connectivity index (χ2n) is 4.09. The third kappa shape index (κ3) is 3.29. The molecule has 2 rings (SSSR count). The van der Waals surface area contributed by atoms with E-state index in [9.17, 15) is 17.9 Å². The molecule has 21 heavy (non-hydrogen) atoms. The fourth-order valence-corrected chi connectivity index (χ4v) is 2.82. The van der Waals surface area contributed by atoms with Crippen LogP contribution in [0.5, 0.6) is 5.75 Å². The van der Waals surface area contributed by atoms with Crippen molar-refractivity contribution in [2.75, 3.05) is 11.8 Å². The number of ether oxygens (including phenoxy) is 1. The molecule has 0 fully saturated rings. The van der Waals surface area contributed by atoms with Crippen molar-refractivity contribution in [3.8, 4) is 5.75 Å². The van der Waals surface area contributed by atoms with Gasteiger partial charge in [0.15, 0.2) is 5.82 Å². The van der Waals surface area contributed by atoms with Crippen LogP contribution in [0.1, 0.15) is 5.56 Å². The van der Waals surface area contributed by atoms with Crippen LogP contribution >= 0.6 is 0 Å². The molecule has 1 heterocycles. The van der Waals surface area contributed by atoms with Gasteiger partial charge in [-0.25, -0.2) is 12.8 Å². The molecule has 0 unspecified atom stereocenters. The Balaban J connectivity index is 2.38. The molecule has 0 atom stereocenters. The number of aliphatic hydroxyl groups excluding tert-OH is 1. The molecular formula is C13H13FN2O4S. The van der Waals surface area contributed by atoms with E-state index >= 15 is 0 Å². The molecule has 2 N–H and O–H groups in total. The molecule has 1 aromatic heterocycles. The van der Waals surface area contributed by atoms with E-state index in [2.05, 4.69) is 9.71 Å². The molecule has 0 aliphatic heterocycles. The topological polar surface area (TPSA) is 88.5 Å². The van der Waals surface area contributed by atoms with E-state index in [0.29, 0.717) is 11.3 Å². The van der Waals surface area contributed by atoms with Gasteiger partial charge in [-0.05, 0) is 24.3 Å². The third-order valence-corrected chi connectivity index (χ3v) is 4.11. The molecule has 0 bridgehead atoms. The SMILES string of the molecule is COc1ccc(S(=O)(=O)Nc2ccncc2F)cc1CO. The van der Waals surface area contributed by atoms with E-state index in [1.165, 1.54) is 37.6 Å². The highest BCUT2D eigenvalue weighted by atomic mass is 32.2. The van der Waals surface area contributed by atoms with Crippen LogP contribution in [0.25, 0.3) is 0 Å². The molecule has 0 aliphatic rings. The minimum Gasteiger partial charge on any atom is -0.496 e. The molecule has 8 heteroatoms. The van der Waals surface area contributed by atoms with Crippen molar-refractivity contribution >= 4 is 15.7 Å². The summed E-state index contributed by atoms with van der Waals surface area (Å²) in [6, 6.07) is 5.20. The molecule has 0 amide bonds. The van der Waals surface area contributed by atoms with Gasteiger partial charge < -0.3 is 9.84 Å². The Bertz CT molecular complexity index is 750. The Kier molecular flexibility index (Phi) is 4.39. The highest BCUT2D eigenvalue weighted by Gasteiger charge is 2.18. The average Bonchev–Trinajstić information content (AvgIpc) is 2.48. The number of anilines is 1. The van der Waals surface area contributed by atoms with E-state index in [0.717, 1.165) is 6.20 Å². The lowest BCUT2D eigenvalue weighted by molar-refractivity contribution is 0.273. The third-order valence-electron chi connectivity index (χ3n) is 2.75. The van der Waals surface area contributed by atoms with Crippen molar-refractivity contribution in [2.45, 2.75) is 11.5 Å². The predicted molar refractivity (Wildman–Crippen MR) is 73.9 cm³/mol. The second kappa shape index (κ2) is 6.06. The first-order valence-electron chi connectivity index (χ1n) is 5.88. The van der Waals surface area contributed by atoms with Gasteiger partial charge in [0.25, 0.3) is 10.0 Å². The Morgan fingerprint density at radius 2 is 2.14 bits per heavy atom. The number of hydrogen-bond acceptors (Lipinski definition) is 5. The van der Waals surface area contributed by atoms with Crippen molar-refractivity contribution in [2.24, 2.45) is 0 Å². The van der Waals surface area contributed by atoms with E-state index in [1.807, 2.05) is 0 Å². The van der Waals surface area contributed by atoms with Gasteiger partial charge in [-0.2, -0.15) is 0 Å². The second-order valence-corrected chi connectivity index (χ2v) is 5.78. The van der Waals surface area contributed by atoms with Gasteiger partial charge in [0, 0.05) is 11.8 Å². The van der Waals surface area contributed by atoms with Crippen molar-refractivity contribution < 1.29 is 22.7 Å². The summed E-state index contributed by atoms with van der Waals surface area (Å²) in [7, 11) is -2.57. The zero-order chi connectivity index (χ0) is 15.5. The maximum absolute atomic E-state index is 13.5. The highest BCUT2D eigenvalue weighted by molar-refractivity contribution is 7.92. The van der Waals surface area contributed by atoms with E-state index < -0.39 is 15.8 Å². The molecule has 0 aliphatic carbocycles. The summed E-state index contributed by atoms with van der Waals surface area (Å²) in [5.41, 5.74) is 0.113. The van der Waals surface area contributed by atoms with E-state index in [1.54, 1.807) is 0 Å². The maximum Gasteiger partial charge on any atom is 0.262 e. The predicted octanol–water partition coefficient (Wildman–Crippen LogP) is 1.52. The average molecular weight is 312 g/mol. The first-order chi connectivity index (χ1) is 9.97. The number of benzene rings is 1. The molecule has 0 radical (unpaired) electrons. The normalized spacial score (nSPS) is 11.2. The summed E-state index contributed by atoms with van der Waals surface area (Å²) < 4.78 is 45.0. The van der Waals surface area contributed by atoms with Crippen LogP contribution in [0.4, 0.5) is 10.1 Å². The van der Waals surface area contributed by atoms with Crippen LogP contribution in [-0.2, 0) is 16.6 Å². The number of methoxy groups -OCH3 is 1. The first kappa shape index (κ1) is 15.2. The fourth-order valence-electron chi connectivity index (χ4n) is 1.71. The standard InChI is InChI=1S/C13H13FN2O4S/c1-20-13-3-2-10(6-9(13)8-17)21(18,19)16-12-4-5-15-7-11(12)14/h2-7,17H,8H2,1H3,(H,15,16). The molecule has 0 saturated carbocycles. The van der Waals surface area contributed by atoms with Gasteiger partial charge in [0.2, 0.25) is 0 Å². The van der Waals surface area contributed by atoms with Crippen LogP contribution in [0, 0.1) is 5.82 Å². The van der Waals surface area contributed by atoms with Crippen molar-refractivity contribution in [1.82, 2.24) is 4.98 Å². The van der Waals surface area contributed by atoms with Crippen LogP contribution in [0.3, 0.4) is 0 Å². The van der Waals surface area contributed by atoms with Crippen LogP contribution in [0.15, 0.2) is 41.6 Å². The summed E-state index contributed by atoms with van der Waals surface area (Å²) in [6.45, 7) is -0.379. The molecule has 0 spiro atoms. The van der Waals surface area contributed by atoms with Crippen molar-refractivity contribution in [1.29, 1.82) is 0 Å². The number of sulfonamides is 1. The number of nitrogens with one attached hydrogen (secondary N) is 1. The van der Waals surface area contributed by atoms with Crippen LogP contribution in [0.2, 0.25) is 0 Å². The minimum atomic E-state index is -3.98. The van der Waals surface area contributed by atoms with E-state index in [-0.39, 0.29) is 17.2 Å². The number of aliphatic hydroxyl groups is 1. The van der Waals surface area contributed by atoms with E-state index in [4.69, 9.17) is 4.74 Å². The first-order valence-corrected chi connectivity index (χ1v) is 7.36. The number of hydrogen-bond donors (Lipinski definition) is 2. The lowest BCUT2D eigenvalue weighted by atomic mass is 10.2. The van der Waals surface area contributed by atoms with Crippen molar-refractivity contribution in [3.05, 3.63) is 48.0 Å². The fraction of sp³-hybridized carbons (Fsp3) is 0.154. The lowest BCUT2D eigenvalue weighted by Crippen LogP contribution is -2.14. The number of pyridine rings is 1. The van der Waals surface area contributed by atoms with Gasteiger partial charge >= 0.3 is 0 Å². The lowest BCUT2D eigenvalue weighted by Gasteiger charge is -2.11. The number of rotatable bonds is 5. The smallest absolute Gasteiger partial charge is 0.262 e. The Labute approximate surface area is 121 Å². The van der Waals surface area contributed by atoms with Gasteiger partial charge in [-0.15, -0.1) is 0 Å². The zero-order valence-corrected chi connectivity index (χ0v) is 11.9. The number of nitrogens with zero attached hydrogens (tertiary/aromatic N) is 1. The molecule has 2 aromatic rings. The molecule has 112 valence electrons. The largest absolute Gasteiger partial charge is 0.496 e. The van der Waals surface area contributed by atoms with Gasteiger partial charge in [0.1, 0.15) is 5.75 Å². The molecule has 0 saturated heterocycles. The summed E-state index contributed by atoms with van der Waals surface area (Å²) in [5.74, 6) is -0.413. The molecule has 1 aromatic carbocycles. The van der Waals surface area contributed by atoms with Gasteiger partial charge in [0.05, 0.1) is 30.5 Å².